The maximum absolute atomic E-state index is 5.52. The van der Waals surface area contributed by atoms with Gasteiger partial charge < -0.3 is 4.42 Å². The number of nitrogens with zero attached hydrogens (tertiary/aromatic N) is 3. The molecule has 0 atom stereocenters. The molecule has 5 heteroatoms. The van der Waals surface area contributed by atoms with E-state index in [0.29, 0.717) is 5.88 Å². The Morgan fingerprint density at radius 3 is 2.52 bits per heavy atom. The molecule has 0 saturated heterocycles. The van der Waals surface area contributed by atoms with Crippen molar-refractivity contribution in [2.45, 2.75) is 0 Å². The van der Waals surface area contributed by atoms with E-state index in [1.807, 2.05) is 47.6 Å². The molecule has 0 unspecified atom stereocenters. The minimum atomic E-state index is 0.653. The van der Waals surface area contributed by atoms with Crippen molar-refractivity contribution in [2.75, 3.05) is 4.90 Å². The maximum atomic E-state index is 5.52. The van der Waals surface area contributed by atoms with Gasteiger partial charge in [0, 0.05) is 17.4 Å². The molecule has 0 spiro atoms. The predicted octanol–water partition coefficient (Wildman–Crippen LogP) is 5.27. The highest BCUT2D eigenvalue weighted by Crippen LogP contribution is 2.35. The van der Waals surface area contributed by atoms with Gasteiger partial charge in [0.05, 0.1) is 18.1 Å². The lowest BCUT2D eigenvalue weighted by molar-refractivity contribution is 0.564. The summed E-state index contributed by atoms with van der Waals surface area (Å²) >= 11 is 1.67. The molecule has 0 fully saturated rings. The van der Waals surface area contributed by atoms with E-state index in [9.17, 15) is 0 Å². The van der Waals surface area contributed by atoms with Gasteiger partial charge in [-0.1, -0.05) is 18.2 Å². The van der Waals surface area contributed by atoms with E-state index in [1.165, 1.54) is 6.39 Å². The highest BCUT2D eigenvalue weighted by atomic mass is 32.1. The smallest absolute Gasteiger partial charge is 0.225 e. The molecule has 0 radical (unpaired) electrons. The van der Waals surface area contributed by atoms with Gasteiger partial charge >= 0.3 is 0 Å². The topological polar surface area (TPSA) is 42.2 Å². The van der Waals surface area contributed by atoms with Crippen molar-refractivity contribution < 1.29 is 4.42 Å². The number of aromatic nitrogens is 2. The number of anilines is 3. The predicted molar refractivity (Wildman–Crippen MR) is 92.3 cm³/mol. The minimum Gasteiger partial charge on any atom is -0.427 e. The van der Waals surface area contributed by atoms with Crippen molar-refractivity contribution in [1.82, 2.24) is 9.97 Å². The molecule has 4 rings (SSSR count). The molecule has 0 saturated carbocycles. The lowest BCUT2D eigenvalue weighted by atomic mass is 10.1. The van der Waals surface area contributed by atoms with Crippen LogP contribution in [0.1, 0.15) is 0 Å². The van der Waals surface area contributed by atoms with Crippen LogP contribution >= 0.6 is 11.3 Å². The number of oxazole rings is 1. The molecular formula is C18H13N3OS. The van der Waals surface area contributed by atoms with Crippen LogP contribution in [0.4, 0.5) is 17.3 Å². The van der Waals surface area contributed by atoms with Gasteiger partial charge in [-0.15, -0.1) is 0 Å². The number of thiophene rings is 1. The lowest BCUT2D eigenvalue weighted by Crippen LogP contribution is -2.09. The molecule has 0 aliphatic rings. The van der Waals surface area contributed by atoms with E-state index >= 15 is 0 Å². The van der Waals surface area contributed by atoms with Gasteiger partial charge in [0.15, 0.2) is 6.39 Å². The second-order valence-electron chi connectivity index (χ2n) is 4.95. The van der Waals surface area contributed by atoms with E-state index in [1.54, 1.807) is 17.5 Å². The van der Waals surface area contributed by atoms with Crippen LogP contribution in [0.5, 0.6) is 0 Å². The molecule has 3 aromatic heterocycles. The number of hydrogen-bond acceptors (Lipinski definition) is 5. The molecule has 3 heterocycles. The first kappa shape index (κ1) is 13.7. The van der Waals surface area contributed by atoms with E-state index in [-0.39, 0.29) is 0 Å². The summed E-state index contributed by atoms with van der Waals surface area (Å²) in [6, 6.07) is 14.2. The molecule has 4 nitrogen and oxygen atoms in total. The van der Waals surface area contributed by atoms with Crippen LogP contribution in [-0.4, -0.2) is 9.97 Å². The number of rotatable bonds is 4. The Morgan fingerprint density at radius 1 is 0.870 bits per heavy atom. The van der Waals surface area contributed by atoms with Crippen molar-refractivity contribution in [1.29, 1.82) is 0 Å². The maximum Gasteiger partial charge on any atom is 0.225 e. The van der Waals surface area contributed by atoms with E-state index < -0.39 is 0 Å². The van der Waals surface area contributed by atoms with Crippen LogP contribution < -0.4 is 4.90 Å². The molecule has 0 N–H and O–H groups in total. The Balaban J connectivity index is 1.83. The molecule has 0 aliphatic heterocycles. The van der Waals surface area contributed by atoms with Crippen molar-refractivity contribution in [3.8, 4) is 11.1 Å². The van der Waals surface area contributed by atoms with Crippen molar-refractivity contribution >= 4 is 28.6 Å². The Labute approximate surface area is 137 Å². The van der Waals surface area contributed by atoms with Gasteiger partial charge in [-0.3, -0.25) is 9.88 Å². The molecule has 4 aromatic rings. The van der Waals surface area contributed by atoms with Crippen LogP contribution in [0.3, 0.4) is 0 Å². The summed E-state index contributed by atoms with van der Waals surface area (Å²) in [4.78, 5) is 10.4. The quantitative estimate of drug-likeness (QED) is 0.514. The molecule has 1 aromatic carbocycles. The Bertz CT molecular complexity index is 874. The van der Waals surface area contributed by atoms with E-state index in [4.69, 9.17) is 4.42 Å². The summed E-state index contributed by atoms with van der Waals surface area (Å²) in [7, 11) is 0. The Kier molecular flexibility index (Phi) is 3.62. The largest absolute Gasteiger partial charge is 0.427 e. The first-order valence-electron chi connectivity index (χ1n) is 7.13. The van der Waals surface area contributed by atoms with Gasteiger partial charge in [0.25, 0.3) is 0 Å². The van der Waals surface area contributed by atoms with Crippen molar-refractivity contribution in [3.63, 3.8) is 0 Å². The number of para-hydroxylation sites is 1. The third-order valence-corrected chi connectivity index (χ3v) is 4.17. The normalized spacial score (nSPS) is 10.6. The van der Waals surface area contributed by atoms with Crippen LogP contribution in [-0.2, 0) is 0 Å². The zero-order valence-electron chi connectivity index (χ0n) is 12.2. The van der Waals surface area contributed by atoms with Crippen LogP contribution in [0.2, 0.25) is 0 Å². The average Bonchev–Trinajstić information content (AvgIpc) is 3.31. The van der Waals surface area contributed by atoms with Crippen molar-refractivity contribution in [2.24, 2.45) is 0 Å². The second kappa shape index (κ2) is 6.06. The van der Waals surface area contributed by atoms with E-state index in [0.717, 1.165) is 22.5 Å². The summed E-state index contributed by atoms with van der Waals surface area (Å²) in [5.41, 5.74) is 4.16. The van der Waals surface area contributed by atoms with Gasteiger partial charge in [-0.2, -0.15) is 11.3 Å². The summed E-state index contributed by atoms with van der Waals surface area (Å²) in [5, 5.41) is 4.18. The fraction of sp³-hybridized carbons (Fsp3) is 0. The fourth-order valence-electron chi connectivity index (χ4n) is 2.44. The third kappa shape index (κ3) is 2.74. The number of hydrogen-bond donors (Lipinski definition) is 0. The van der Waals surface area contributed by atoms with Crippen molar-refractivity contribution in [3.05, 3.63) is 78.2 Å². The minimum absolute atomic E-state index is 0.653. The number of benzene rings is 1. The zero-order chi connectivity index (χ0) is 15.5. The molecular weight excluding hydrogens is 306 g/mol. The molecule has 0 aliphatic carbocycles. The van der Waals surface area contributed by atoms with Crippen LogP contribution in [0, 0.1) is 0 Å². The SMILES string of the molecule is c1ccc(N(c2cncc(-c3ccsc3)c2)c2cnco2)cc1. The molecule has 23 heavy (non-hydrogen) atoms. The third-order valence-electron chi connectivity index (χ3n) is 3.49. The standard InChI is InChI=1S/C18H13N3OS/c1-2-4-16(5-3-1)21(18-11-20-13-22-18)17-8-15(9-19-10-17)14-6-7-23-12-14/h1-13H. The lowest BCUT2D eigenvalue weighted by Gasteiger charge is -2.21. The Morgan fingerprint density at radius 2 is 1.78 bits per heavy atom. The fourth-order valence-corrected chi connectivity index (χ4v) is 3.10. The van der Waals surface area contributed by atoms with E-state index in [2.05, 4.69) is 32.9 Å². The monoisotopic (exact) mass is 319 g/mol. The van der Waals surface area contributed by atoms with Gasteiger partial charge in [-0.05, 0) is 40.6 Å². The summed E-state index contributed by atoms with van der Waals surface area (Å²) in [5.74, 6) is 0.653. The first-order chi connectivity index (χ1) is 11.4. The first-order valence-corrected chi connectivity index (χ1v) is 8.07. The van der Waals surface area contributed by atoms with Crippen LogP contribution in [0.15, 0.2) is 82.6 Å². The molecule has 112 valence electrons. The average molecular weight is 319 g/mol. The Hall–Kier alpha value is -2.92. The highest BCUT2D eigenvalue weighted by Gasteiger charge is 2.16. The molecule has 0 bridgehead atoms. The zero-order valence-corrected chi connectivity index (χ0v) is 13.0. The summed E-state index contributed by atoms with van der Waals surface area (Å²) in [6.07, 6.45) is 6.83. The van der Waals surface area contributed by atoms with Gasteiger partial charge in [0.2, 0.25) is 5.88 Å². The van der Waals surface area contributed by atoms with Gasteiger partial charge in [0.1, 0.15) is 0 Å². The van der Waals surface area contributed by atoms with Crippen LogP contribution in [0.25, 0.3) is 11.1 Å². The molecule has 0 amide bonds. The summed E-state index contributed by atoms with van der Waals surface area (Å²) in [6.45, 7) is 0. The van der Waals surface area contributed by atoms with Gasteiger partial charge in [-0.25, -0.2) is 4.98 Å². The highest BCUT2D eigenvalue weighted by molar-refractivity contribution is 7.08. The second-order valence-corrected chi connectivity index (χ2v) is 5.73. The summed E-state index contributed by atoms with van der Waals surface area (Å²) < 4.78 is 5.52. The number of pyridine rings is 1.